The Hall–Kier alpha value is -1.18. The maximum absolute atomic E-state index is 13.2. The number of fused-ring (bicyclic) bond motifs is 1. The number of hydrogen-bond donors (Lipinski definition) is 5. The molecule has 9 nitrogen and oxygen atoms in total. The Kier molecular flexibility index (Phi) is 6.99. The monoisotopic (exact) mass is 501 g/mol. The van der Waals surface area contributed by atoms with E-state index >= 15 is 0 Å². The number of hydrogen-bond acceptors (Lipinski definition) is 7. The summed E-state index contributed by atoms with van der Waals surface area (Å²) < 4.78 is 39.6. The molecular formula is C23H42F3N9. The van der Waals surface area contributed by atoms with Crippen LogP contribution in [0.4, 0.5) is 13.2 Å². The van der Waals surface area contributed by atoms with Gasteiger partial charge in [0.25, 0.3) is 0 Å². The van der Waals surface area contributed by atoms with Crippen LogP contribution in [0.5, 0.6) is 0 Å². The minimum absolute atomic E-state index is 0.0274. The normalized spacial score (nSPS) is 43.9. The Morgan fingerprint density at radius 3 is 2.31 bits per heavy atom. The number of alkyl halides is 3. The van der Waals surface area contributed by atoms with Gasteiger partial charge in [0.05, 0.1) is 24.4 Å². The van der Waals surface area contributed by atoms with E-state index in [0.717, 1.165) is 45.3 Å². The molecule has 4 heterocycles. The highest BCUT2D eigenvalue weighted by molar-refractivity contribution is 5.80. The van der Waals surface area contributed by atoms with Gasteiger partial charge in [-0.25, -0.2) is 5.01 Å². The average molecular weight is 502 g/mol. The molecule has 5 fully saturated rings. The Morgan fingerprint density at radius 2 is 1.71 bits per heavy atom. The fourth-order valence-corrected chi connectivity index (χ4v) is 7.16. The molecule has 5 N–H and O–H groups in total. The highest BCUT2D eigenvalue weighted by Crippen LogP contribution is 2.37. The van der Waals surface area contributed by atoms with Gasteiger partial charge in [0.2, 0.25) is 0 Å². The molecule has 4 aliphatic heterocycles. The lowest BCUT2D eigenvalue weighted by molar-refractivity contribution is -0.150. The second-order valence-electron chi connectivity index (χ2n) is 11.5. The predicted octanol–water partition coefficient (Wildman–Crippen LogP) is 0.435. The maximum Gasteiger partial charge on any atom is 0.405 e. The zero-order valence-electron chi connectivity index (χ0n) is 21.3. The summed E-state index contributed by atoms with van der Waals surface area (Å²) in [6, 6.07) is -0.881. The Bertz CT molecular complexity index is 764. The zero-order chi connectivity index (χ0) is 25.1. The molecule has 0 aromatic heterocycles. The van der Waals surface area contributed by atoms with E-state index in [2.05, 4.69) is 50.2 Å². The van der Waals surface area contributed by atoms with Crippen LogP contribution in [0, 0.1) is 23.2 Å². The first-order chi connectivity index (χ1) is 16.5. The quantitative estimate of drug-likeness (QED) is 0.380. The Labute approximate surface area is 206 Å². The summed E-state index contributed by atoms with van der Waals surface area (Å²) in [5.41, 5.74) is 3.43. The van der Waals surface area contributed by atoms with Gasteiger partial charge < -0.3 is 9.80 Å². The molecular weight excluding hydrogens is 459 g/mol. The molecule has 0 aromatic rings. The summed E-state index contributed by atoms with van der Waals surface area (Å²) in [6.07, 6.45) is -0.319. The lowest BCUT2D eigenvalue weighted by Gasteiger charge is -2.43. The summed E-state index contributed by atoms with van der Waals surface area (Å²) in [6.45, 7) is 4.92. The van der Waals surface area contributed by atoms with Gasteiger partial charge in [-0.05, 0) is 50.5 Å². The molecule has 0 aromatic carbocycles. The maximum atomic E-state index is 13.2. The van der Waals surface area contributed by atoms with Crippen LogP contribution in [0.3, 0.4) is 0 Å². The van der Waals surface area contributed by atoms with Crippen molar-refractivity contribution in [3.05, 3.63) is 0 Å². The minimum Gasteiger partial charge on any atom is -0.338 e. The van der Waals surface area contributed by atoms with Crippen molar-refractivity contribution in [3.63, 3.8) is 0 Å². The van der Waals surface area contributed by atoms with Crippen molar-refractivity contribution in [2.24, 2.45) is 17.8 Å². The van der Waals surface area contributed by atoms with E-state index in [1.807, 2.05) is 11.9 Å². The summed E-state index contributed by atoms with van der Waals surface area (Å²) in [5.74, 6) is 1.77. The molecule has 1 aliphatic carbocycles. The standard InChI is InChI=1S/C23H42F3N9/c1-13-9-29-34(4)18(13)19-28-10-16-21(31-19)35(22(27)33(16)3)11-14-5-7-15(8-6-14)20-30-17(12-32(20)2)23(24,25)26/h13-21,27-31H,5-12H2,1-4H3. The summed E-state index contributed by atoms with van der Waals surface area (Å²) in [5, 5.41) is 21.3. The molecule has 0 bridgehead atoms. The number of nitrogens with one attached hydrogen (secondary N) is 5. The number of halogens is 3. The number of likely N-dealkylation sites (N-methyl/N-ethyl adjacent to an activating group) is 3. The molecule has 4 saturated heterocycles. The highest BCUT2D eigenvalue weighted by Gasteiger charge is 2.50. The largest absolute Gasteiger partial charge is 0.405 e. The summed E-state index contributed by atoms with van der Waals surface area (Å²) in [7, 11) is 5.90. The molecule has 7 atom stereocenters. The second kappa shape index (κ2) is 9.60. The van der Waals surface area contributed by atoms with E-state index in [0.29, 0.717) is 23.8 Å². The van der Waals surface area contributed by atoms with Crippen molar-refractivity contribution >= 4 is 5.96 Å². The van der Waals surface area contributed by atoms with Gasteiger partial charge in [-0.1, -0.05) is 6.92 Å². The van der Waals surface area contributed by atoms with E-state index < -0.39 is 12.2 Å². The first-order valence-electron chi connectivity index (χ1n) is 13.1. The minimum atomic E-state index is -4.19. The number of guanidine groups is 1. The van der Waals surface area contributed by atoms with Crippen molar-refractivity contribution < 1.29 is 13.2 Å². The fourth-order valence-electron chi connectivity index (χ4n) is 7.16. The van der Waals surface area contributed by atoms with E-state index in [-0.39, 0.29) is 37.0 Å². The SMILES string of the molecule is CC1CNN(C)C1C1NCC2C(N1)N(CC1CCC(C3NC(C(F)(F)F)CN3C)CC1)C(=N)N2C. The van der Waals surface area contributed by atoms with Crippen LogP contribution in [0.1, 0.15) is 32.6 Å². The third-order valence-corrected chi connectivity index (χ3v) is 9.24. The number of rotatable bonds is 4. The molecule has 0 spiro atoms. The van der Waals surface area contributed by atoms with Crippen molar-refractivity contribution in [2.75, 3.05) is 47.3 Å². The molecule has 200 valence electrons. The van der Waals surface area contributed by atoms with E-state index in [9.17, 15) is 13.2 Å². The zero-order valence-corrected chi connectivity index (χ0v) is 21.3. The third kappa shape index (κ3) is 4.77. The topological polar surface area (TPSA) is 84.9 Å². The van der Waals surface area contributed by atoms with Crippen LogP contribution in [0.2, 0.25) is 0 Å². The summed E-state index contributed by atoms with van der Waals surface area (Å²) >= 11 is 0. The van der Waals surface area contributed by atoms with Crippen LogP contribution < -0.4 is 21.4 Å². The smallest absolute Gasteiger partial charge is 0.338 e. The van der Waals surface area contributed by atoms with Gasteiger partial charge in [0.1, 0.15) is 12.2 Å². The first kappa shape index (κ1) is 25.5. The van der Waals surface area contributed by atoms with Crippen molar-refractivity contribution in [1.82, 2.24) is 41.1 Å². The van der Waals surface area contributed by atoms with Crippen molar-refractivity contribution in [3.8, 4) is 0 Å². The van der Waals surface area contributed by atoms with Gasteiger partial charge in [0.15, 0.2) is 5.96 Å². The molecule has 0 radical (unpaired) electrons. The van der Waals surface area contributed by atoms with Crippen LogP contribution in [-0.2, 0) is 0 Å². The van der Waals surface area contributed by atoms with Crippen molar-refractivity contribution in [1.29, 1.82) is 5.41 Å². The molecule has 1 saturated carbocycles. The van der Waals surface area contributed by atoms with Gasteiger partial charge in [-0.15, -0.1) is 0 Å². The molecule has 5 aliphatic rings. The first-order valence-corrected chi connectivity index (χ1v) is 13.1. The molecule has 0 amide bonds. The van der Waals surface area contributed by atoms with Gasteiger partial charge in [-0.2, -0.15) is 13.2 Å². The molecule has 7 unspecified atom stereocenters. The van der Waals surface area contributed by atoms with Crippen LogP contribution in [-0.4, -0.2) is 116 Å². The van der Waals surface area contributed by atoms with Crippen LogP contribution in [0.15, 0.2) is 0 Å². The Balaban J connectivity index is 1.18. The summed E-state index contributed by atoms with van der Waals surface area (Å²) in [4.78, 5) is 6.14. The Morgan fingerprint density at radius 1 is 1.00 bits per heavy atom. The van der Waals surface area contributed by atoms with Gasteiger partial charge in [0, 0.05) is 40.3 Å². The number of nitrogens with zero attached hydrogens (tertiary/aromatic N) is 4. The second-order valence-corrected chi connectivity index (χ2v) is 11.5. The van der Waals surface area contributed by atoms with E-state index in [4.69, 9.17) is 5.41 Å². The lowest BCUT2D eigenvalue weighted by Crippen LogP contribution is -2.70. The van der Waals surface area contributed by atoms with Gasteiger partial charge in [-0.3, -0.25) is 31.7 Å². The van der Waals surface area contributed by atoms with Crippen LogP contribution >= 0.6 is 0 Å². The van der Waals surface area contributed by atoms with Crippen molar-refractivity contribution in [2.45, 2.75) is 75.4 Å². The molecule has 35 heavy (non-hydrogen) atoms. The van der Waals surface area contributed by atoms with E-state index in [1.165, 1.54) is 0 Å². The van der Waals surface area contributed by atoms with Gasteiger partial charge >= 0.3 is 6.18 Å². The highest BCUT2D eigenvalue weighted by atomic mass is 19.4. The number of hydrazine groups is 1. The van der Waals surface area contributed by atoms with Crippen LogP contribution in [0.25, 0.3) is 0 Å². The van der Waals surface area contributed by atoms with E-state index in [1.54, 1.807) is 7.05 Å². The lowest BCUT2D eigenvalue weighted by atomic mass is 9.80. The molecule has 5 rings (SSSR count). The fraction of sp³-hybridized carbons (Fsp3) is 0.957. The third-order valence-electron chi connectivity index (χ3n) is 9.24. The predicted molar refractivity (Wildman–Crippen MR) is 128 cm³/mol. The average Bonchev–Trinajstić information content (AvgIpc) is 3.44. The molecule has 12 heteroatoms.